The minimum absolute atomic E-state index is 0.0227. The average molecular weight is 314 g/mol. The predicted molar refractivity (Wildman–Crippen MR) is 80.7 cm³/mol. The number of carbonyl (C=O) groups is 1. The lowest BCUT2D eigenvalue weighted by Crippen LogP contribution is -2.28. The van der Waals surface area contributed by atoms with E-state index in [9.17, 15) is 18.3 Å². The van der Waals surface area contributed by atoms with E-state index in [1.807, 2.05) is 0 Å². The summed E-state index contributed by atoms with van der Waals surface area (Å²) in [6.07, 6.45) is 0.766. The summed E-state index contributed by atoms with van der Waals surface area (Å²) in [5.74, 6) is 0.0227. The number of rotatable bonds is 7. The molecule has 2 N–H and O–H groups in total. The van der Waals surface area contributed by atoms with Gasteiger partial charge in [0.15, 0.2) is 9.84 Å². The van der Waals surface area contributed by atoms with E-state index >= 15 is 0 Å². The lowest BCUT2D eigenvalue weighted by molar-refractivity contribution is -0.128. The Morgan fingerprint density at radius 1 is 1.29 bits per heavy atom. The molecule has 0 aliphatic rings. The highest BCUT2D eigenvalue weighted by molar-refractivity contribution is 7.90. The molecule has 0 bridgehead atoms. The molecule has 0 heterocycles. The van der Waals surface area contributed by atoms with Crippen LogP contribution in [0.4, 0.5) is 0 Å². The molecule has 6 nitrogen and oxygen atoms in total. The predicted octanol–water partition coefficient (Wildman–Crippen LogP) is 0.191. The fourth-order valence-electron chi connectivity index (χ4n) is 1.71. The van der Waals surface area contributed by atoms with Crippen LogP contribution in [0, 0.1) is 0 Å². The number of aliphatic hydroxyl groups excluding tert-OH is 1. The Bertz CT molecular complexity index is 567. The molecule has 0 fully saturated rings. The van der Waals surface area contributed by atoms with Gasteiger partial charge in [-0.2, -0.15) is 0 Å². The van der Waals surface area contributed by atoms with Gasteiger partial charge in [0.1, 0.15) is 0 Å². The Morgan fingerprint density at radius 2 is 1.86 bits per heavy atom. The van der Waals surface area contributed by atoms with E-state index < -0.39 is 15.9 Å². The first-order valence-electron chi connectivity index (χ1n) is 6.61. The zero-order valence-electron chi connectivity index (χ0n) is 12.5. The lowest BCUT2D eigenvalue weighted by Gasteiger charge is -2.14. The van der Waals surface area contributed by atoms with Crippen molar-refractivity contribution in [1.29, 1.82) is 0 Å². The Morgan fingerprint density at radius 3 is 2.33 bits per heavy atom. The van der Waals surface area contributed by atoms with Crippen molar-refractivity contribution >= 4 is 15.7 Å². The first-order valence-corrected chi connectivity index (χ1v) is 8.50. The van der Waals surface area contributed by atoms with Crippen molar-refractivity contribution in [2.45, 2.75) is 17.4 Å². The van der Waals surface area contributed by atoms with Crippen LogP contribution in [0.1, 0.15) is 18.1 Å². The summed E-state index contributed by atoms with van der Waals surface area (Å²) < 4.78 is 22.7. The minimum Gasteiger partial charge on any atom is -0.387 e. The first-order chi connectivity index (χ1) is 9.71. The number of hydrogen-bond donors (Lipinski definition) is 2. The molecule has 118 valence electrons. The third kappa shape index (κ3) is 5.82. The van der Waals surface area contributed by atoms with Gasteiger partial charge in [0.2, 0.25) is 5.91 Å². The Labute approximate surface area is 125 Å². The molecule has 1 unspecified atom stereocenters. The molecular formula is C14H22N2O4S. The van der Waals surface area contributed by atoms with Gasteiger partial charge in [-0.05, 0) is 17.7 Å². The fraction of sp³-hybridized carbons (Fsp3) is 0.500. The van der Waals surface area contributed by atoms with Gasteiger partial charge in [0.05, 0.1) is 11.0 Å². The van der Waals surface area contributed by atoms with Gasteiger partial charge in [0, 0.05) is 39.9 Å². The normalized spacial score (nSPS) is 13.0. The number of amides is 1. The zero-order valence-corrected chi connectivity index (χ0v) is 13.4. The second kappa shape index (κ2) is 7.53. The van der Waals surface area contributed by atoms with Gasteiger partial charge < -0.3 is 15.3 Å². The summed E-state index contributed by atoms with van der Waals surface area (Å²) in [6, 6.07) is 6.13. The maximum Gasteiger partial charge on any atom is 0.223 e. The second-order valence-corrected chi connectivity index (χ2v) is 7.12. The van der Waals surface area contributed by atoms with Gasteiger partial charge in [-0.15, -0.1) is 0 Å². The van der Waals surface area contributed by atoms with E-state index in [4.69, 9.17) is 0 Å². The van der Waals surface area contributed by atoms with Crippen LogP contribution in [0.3, 0.4) is 0 Å². The molecule has 0 radical (unpaired) electrons. The molecule has 1 atom stereocenters. The summed E-state index contributed by atoms with van der Waals surface area (Å²) in [6.45, 7) is 0.786. The van der Waals surface area contributed by atoms with E-state index in [0.29, 0.717) is 25.1 Å². The molecule has 0 saturated heterocycles. The number of carbonyl (C=O) groups excluding carboxylic acids is 1. The second-order valence-electron chi connectivity index (χ2n) is 5.10. The molecule has 0 saturated carbocycles. The maximum atomic E-state index is 11.4. The summed E-state index contributed by atoms with van der Waals surface area (Å²) in [7, 11) is 0.167. The van der Waals surface area contributed by atoms with Crippen LogP contribution in [0.25, 0.3) is 0 Å². The van der Waals surface area contributed by atoms with Crippen molar-refractivity contribution in [3.05, 3.63) is 29.8 Å². The Kier molecular flexibility index (Phi) is 6.32. The molecule has 0 aliphatic carbocycles. The molecule has 0 spiro atoms. The van der Waals surface area contributed by atoms with Crippen molar-refractivity contribution in [3.63, 3.8) is 0 Å². The van der Waals surface area contributed by atoms with Crippen LogP contribution in [-0.2, 0) is 14.6 Å². The van der Waals surface area contributed by atoms with Crippen molar-refractivity contribution in [1.82, 2.24) is 10.2 Å². The van der Waals surface area contributed by atoms with Crippen LogP contribution < -0.4 is 5.32 Å². The Hall–Kier alpha value is -1.44. The van der Waals surface area contributed by atoms with E-state index in [1.165, 1.54) is 17.0 Å². The smallest absolute Gasteiger partial charge is 0.223 e. The molecule has 0 aliphatic heterocycles. The summed E-state index contributed by atoms with van der Waals surface area (Å²) in [5, 5.41) is 13.0. The molecule has 7 heteroatoms. The topological polar surface area (TPSA) is 86.7 Å². The molecule has 1 amide bonds. The largest absolute Gasteiger partial charge is 0.387 e. The summed E-state index contributed by atoms with van der Waals surface area (Å²) >= 11 is 0. The number of hydrogen-bond acceptors (Lipinski definition) is 5. The van der Waals surface area contributed by atoms with Gasteiger partial charge in [0.25, 0.3) is 0 Å². The number of benzene rings is 1. The molecule has 1 aromatic rings. The van der Waals surface area contributed by atoms with Crippen molar-refractivity contribution in [2.24, 2.45) is 0 Å². The van der Waals surface area contributed by atoms with E-state index in [-0.39, 0.29) is 10.8 Å². The van der Waals surface area contributed by atoms with Crippen LogP contribution in [0.5, 0.6) is 0 Å². The van der Waals surface area contributed by atoms with Crippen LogP contribution in [-0.4, -0.2) is 57.8 Å². The van der Waals surface area contributed by atoms with E-state index in [2.05, 4.69) is 5.32 Å². The van der Waals surface area contributed by atoms with Gasteiger partial charge >= 0.3 is 0 Å². The highest BCUT2D eigenvalue weighted by Crippen LogP contribution is 2.15. The fourth-order valence-corrected chi connectivity index (χ4v) is 2.34. The molecule has 0 aromatic heterocycles. The highest BCUT2D eigenvalue weighted by Gasteiger charge is 2.11. The third-order valence-electron chi connectivity index (χ3n) is 3.05. The van der Waals surface area contributed by atoms with E-state index in [1.54, 1.807) is 26.2 Å². The third-order valence-corrected chi connectivity index (χ3v) is 4.17. The maximum absolute atomic E-state index is 11.4. The summed E-state index contributed by atoms with van der Waals surface area (Å²) in [5.41, 5.74) is 0.633. The molecule has 1 aromatic carbocycles. The SMILES string of the molecule is CN(C)C(=O)CCNCC(O)c1ccc(S(C)(=O)=O)cc1. The monoisotopic (exact) mass is 314 g/mol. The van der Waals surface area contributed by atoms with Gasteiger partial charge in [-0.25, -0.2) is 8.42 Å². The van der Waals surface area contributed by atoms with Crippen LogP contribution in [0.15, 0.2) is 29.2 Å². The van der Waals surface area contributed by atoms with E-state index in [0.717, 1.165) is 6.26 Å². The van der Waals surface area contributed by atoms with Crippen LogP contribution >= 0.6 is 0 Å². The van der Waals surface area contributed by atoms with Gasteiger partial charge in [-0.1, -0.05) is 12.1 Å². The van der Waals surface area contributed by atoms with Crippen molar-refractivity contribution in [3.8, 4) is 0 Å². The van der Waals surface area contributed by atoms with Crippen molar-refractivity contribution < 1.29 is 18.3 Å². The number of aliphatic hydroxyl groups is 1. The zero-order chi connectivity index (χ0) is 16.0. The number of nitrogens with zero attached hydrogens (tertiary/aromatic N) is 1. The lowest BCUT2D eigenvalue weighted by atomic mass is 10.1. The number of nitrogens with one attached hydrogen (secondary N) is 1. The molecular weight excluding hydrogens is 292 g/mol. The van der Waals surface area contributed by atoms with Crippen molar-refractivity contribution in [2.75, 3.05) is 33.4 Å². The first kappa shape index (κ1) is 17.6. The standard InChI is InChI=1S/C14H22N2O4S/c1-16(2)14(18)8-9-15-10-13(17)11-4-6-12(7-5-11)21(3,19)20/h4-7,13,15,17H,8-10H2,1-3H3. The van der Waals surface area contributed by atoms with Gasteiger partial charge in [-0.3, -0.25) is 4.79 Å². The number of sulfone groups is 1. The quantitative estimate of drug-likeness (QED) is 0.702. The highest BCUT2D eigenvalue weighted by atomic mass is 32.2. The minimum atomic E-state index is -3.22. The van der Waals surface area contributed by atoms with Crippen LogP contribution in [0.2, 0.25) is 0 Å². The molecule has 1 rings (SSSR count). The summed E-state index contributed by atoms with van der Waals surface area (Å²) in [4.78, 5) is 13.1. The Balaban J connectivity index is 2.46. The molecule has 21 heavy (non-hydrogen) atoms. The average Bonchev–Trinajstić information content (AvgIpc) is 2.42.